The van der Waals surface area contributed by atoms with Crippen LogP contribution in [0.25, 0.3) is 10.9 Å². The summed E-state index contributed by atoms with van der Waals surface area (Å²) >= 11 is 0. The Bertz CT molecular complexity index is 1370. The summed E-state index contributed by atoms with van der Waals surface area (Å²) in [6.07, 6.45) is 0.520. The minimum absolute atomic E-state index is 0.209. The molecule has 1 saturated heterocycles. The fourth-order valence-corrected chi connectivity index (χ4v) is 4.78. The molecule has 1 aromatic heterocycles. The van der Waals surface area contributed by atoms with Gasteiger partial charge in [-0.25, -0.2) is 0 Å². The largest absolute Gasteiger partial charge is 0.350 e. The summed E-state index contributed by atoms with van der Waals surface area (Å²) in [6.45, 7) is 6.46. The van der Waals surface area contributed by atoms with Gasteiger partial charge in [-0.3, -0.25) is 24.5 Å². The highest BCUT2D eigenvalue weighted by Gasteiger charge is 2.39. The monoisotopic (exact) mass is 458 g/mol. The fraction of sp³-hybridized carbons (Fsp3) is 0.308. The normalized spacial score (nSPS) is 17.9. The van der Waals surface area contributed by atoms with Crippen molar-refractivity contribution in [1.82, 2.24) is 15.2 Å². The van der Waals surface area contributed by atoms with E-state index in [2.05, 4.69) is 41.6 Å². The number of H-pyrrole nitrogens is 1. The highest BCUT2D eigenvalue weighted by Crippen LogP contribution is 2.30. The van der Waals surface area contributed by atoms with Crippen LogP contribution in [0, 0.1) is 6.92 Å². The predicted octanol–water partition coefficient (Wildman–Crippen LogP) is 3.61. The number of aromatic nitrogens is 1. The van der Waals surface area contributed by atoms with Gasteiger partial charge in [-0.05, 0) is 66.3 Å². The number of anilines is 1. The van der Waals surface area contributed by atoms with Gasteiger partial charge in [0.1, 0.15) is 11.7 Å². The molecule has 2 aromatic carbocycles. The van der Waals surface area contributed by atoms with E-state index >= 15 is 0 Å². The molecule has 4 amide bonds. The molecule has 8 nitrogen and oxygen atoms in total. The van der Waals surface area contributed by atoms with E-state index < -0.39 is 11.9 Å². The third-order valence-corrected chi connectivity index (χ3v) is 6.76. The molecule has 2 aliphatic heterocycles. The molecule has 0 spiro atoms. The molecule has 1 atom stereocenters. The lowest BCUT2D eigenvalue weighted by Crippen LogP contribution is -2.52. The number of amides is 4. The summed E-state index contributed by atoms with van der Waals surface area (Å²) in [5.41, 5.74) is 5.32. The van der Waals surface area contributed by atoms with E-state index in [1.807, 2.05) is 13.0 Å². The van der Waals surface area contributed by atoms with E-state index in [-0.39, 0.29) is 30.7 Å². The second-order valence-electron chi connectivity index (χ2n) is 9.31. The highest BCUT2D eigenvalue weighted by atomic mass is 16.2. The molecule has 3 aromatic rings. The lowest BCUT2D eigenvalue weighted by molar-refractivity contribution is -0.136. The van der Waals surface area contributed by atoms with E-state index in [1.54, 1.807) is 18.2 Å². The molecule has 8 heteroatoms. The summed E-state index contributed by atoms with van der Waals surface area (Å²) in [4.78, 5) is 54.3. The van der Waals surface area contributed by atoms with Crippen molar-refractivity contribution in [2.75, 3.05) is 5.32 Å². The van der Waals surface area contributed by atoms with Crippen LogP contribution in [0.2, 0.25) is 0 Å². The Morgan fingerprint density at radius 1 is 1.12 bits per heavy atom. The predicted molar refractivity (Wildman–Crippen MR) is 128 cm³/mol. The molecule has 2 aliphatic rings. The van der Waals surface area contributed by atoms with Gasteiger partial charge in [0, 0.05) is 35.1 Å². The van der Waals surface area contributed by atoms with E-state index in [4.69, 9.17) is 0 Å². The standard InChI is InChI=1S/C26H26N4O4/c1-13(2)15-4-7-20-19(11-15)14(3)23(28-20)25(33)27-17-5-6-18-16(10-17)12-30(26(18)34)21-8-9-22(31)29-24(21)32/h4-7,10-11,13,21,28H,8-9,12H2,1-3H3,(H,27,33)(H,29,31,32). The number of fused-ring (bicyclic) bond motifs is 2. The van der Waals surface area contributed by atoms with Gasteiger partial charge in [0.25, 0.3) is 11.8 Å². The van der Waals surface area contributed by atoms with Crippen molar-refractivity contribution in [3.8, 4) is 0 Å². The van der Waals surface area contributed by atoms with E-state index in [9.17, 15) is 19.2 Å². The van der Waals surface area contributed by atoms with Crippen LogP contribution >= 0.6 is 0 Å². The molecule has 0 bridgehead atoms. The molecular weight excluding hydrogens is 432 g/mol. The van der Waals surface area contributed by atoms with Crippen molar-refractivity contribution in [2.24, 2.45) is 0 Å². The maximum absolute atomic E-state index is 13.1. The van der Waals surface area contributed by atoms with Crippen LogP contribution in [0.15, 0.2) is 36.4 Å². The van der Waals surface area contributed by atoms with E-state index in [0.29, 0.717) is 29.3 Å². The zero-order valence-corrected chi connectivity index (χ0v) is 19.3. The van der Waals surface area contributed by atoms with E-state index in [0.717, 1.165) is 22.0 Å². The zero-order chi connectivity index (χ0) is 24.1. The Kier molecular flexibility index (Phi) is 5.23. The Balaban J connectivity index is 1.36. The minimum Gasteiger partial charge on any atom is -0.350 e. The first-order valence-corrected chi connectivity index (χ1v) is 11.4. The Hall–Kier alpha value is -3.94. The van der Waals surface area contributed by atoms with Gasteiger partial charge in [-0.1, -0.05) is 19.9 Å². The molecule has 34 heavy (non-hydrogen) atoms. The number of aryl methyl sites for hydroxylation is 1. The first kappa shape index (κ1) is 21.9. The Morgan fingerprint density at radius 3 is 2.65 bits per heavy atom. The number of nitrogens with zero attached hydrogens (tertiary/aromatic N) is 1. The van der Waals surface area contributed by atoms with Crippen molar-refractivity contribution in [1.29, 1.82) is 0 Å². The van der Waals surface area contributed by atoms with Gasteiger partial charge in [0.05, 0.1) is 0 Å². The summed E-state index contributed by atoms with van der Waals surface area (Å²) < 4.78 is 0. The molecule has 3 heterocycles. The molecule has 1 fully saturated rings. The summed E-state index contributed by atoms with van der Waals surface area (Å²) in [6, 6.07) is 10.7. The summed E-state index contributed by atoms with van der Waals surface area (Å²) in [5.74, 6) is -0.866. The van der Waals surface area contributed by atoms with Crippen molar-refractivity contribution >= 4 is 40.2 Å². The number of nitrogens with one attached hydrogen (secondary N) is 3. The molecule has 5 rings (SSSR count). The van der Waals surface area contributed by atoms with Gasteiger partial charge in [-0.15, -0.1) is 0 Å². The highest BCUT2D eigenvalue weighted by molar-refractivity contribution is 6.09. The lowest BCUT2D eigenvalue weighted by atomic mass is 10.0. The van der Waals surface area contributed by atoms with Crippen molar-refractivity contribution in [2.45, 2.75) is 52.1 Å². The smallest absolute Gasteiger partial charge is 0.272 e. The number of carbonyl (C=O) groups excluding carboxylic acids is 4. The van der Waals surface area contributed by atoms with Crippen LogP contribution in [0.1, 0.15) is 70.1 Å². The second kappa shape index (κ2) is 8.13. The number of piperidine rings is 1. The third kappa shape index (κ3) is 3.65. The molecule has 174 valence electrons. The van der Waals surface area contributed by atoms with Crippen LogP contribution in [-0.4, -0.2) is 39.6 Å². The van der Waals surface area contributed by atoms with Gasteiger partial charge in [0.2, 0.25) is 11.8 Å². The number of hydrogen-bond acceptors (Lipinski definition) is 4. The van der Waals surface area contributed by atoms with Crippen molar-refractivity contribution in [3.63, 3.8) is 0 Å². The second-order valence-corrected chi connectivity index (χ2v) is 9.31. The fourth-order valence-electron chi connectivity index (χ4n) is 4.78. The molecule has 1 unspecified atom stereocenters. The van der Waals surface area contributed by atoms with Crippen LogP contribution in [0.5, 0.6) is 0 Å². The van der Waals surface area contributed by atoms with Crippen LogP contribution in [0.3, 0.4) is 0 Å². The molecule has 0 aliphatic carbocycles. The zero-order valence-electron chi connectivity index (χ0n) is 19.3. The number of imide groups is 1. The quantitative estimate of drug-likeness (QED) is 0.519. The number of aromatic amines is 1. The topological polar surface area (TPSA) is 111 Å². The third-order valence-electron chi connectivity index (χ3n) is 6.76. The van der Waals surface area contributed by atoms with Crippen LogP contribution in [-0.2, 0) is 16.1 Å². The maximum atomic E-state index is 13.1. The molecule has 0 saturated carbocycles. The van der Waals surface area contributed by atoms with Crippen LogP contribution < -0.4 is 10.6 Å². The first-order chi connectivity index (χ1) is 16.2. The number of carbonyl (C=O) groups is 4. The maximum Gasteiger partial charge on any atom is 0.272 e. The Morgan fingerprint density at radius 2 is 1.91 bits per heavy atom. The van der Waals surface area contributed by atoms with Crippen LogP contribution in [0.4, 0.5) is 5.69 Å². The van der Waals surface area contributed by atoms with Gasteiger partial charge in [-0.2, -0.15) is 0 Å². The number of rotatable bonds is 4. The average Bonchev–Trinajstić information content (AvgIpc) is 3.30. The summed E-state index contributed by atoms with van der Waals surface area (Å²) in [5, 5.41) is 6.25. The molecular formula is C26H26N4O4. The number of hydrogen-bond donors (Lipinski definition) is 3. The van der Waals surface area contributed by atoms with Crippen molar-refractivity contribution < 1.29 is 19.2 Å². The average molecular weight is 459 g/mol. The minimum atomic E-state index is -0.666. The molecule has 0 radical (unpaired) electrons. The van der Waals surface area contributed by atoms with Gasteiger partial charge >= 0.3 is 0 Å². The van der Waals surface area contributed by atoms with Crippen molar-refractivity contribution in [3.05, 3.63) is 64.3 Å². The Labute approximate surface area is 196 Å². The van der Waals surface area contributed by atoms with Gasteiger partial charge in [0.15, 0.2) is 0 Å². The lowest BCUT2D eigenvalue weighted by Gasteiger charge is -2.29. The van der Waals surface area contributed by atoms with Gasteiger partial charge < -0.3 is 15.2 Å². The van der Waals surface area contributed by atoms with E-state index in [1.165, 1.54) is 10.5 Å². The molecule has 3 N–H and O–H groups in total. The SMILES string of the molecule is Cc1c(C(=O)Nc2ccc3c(c2)CN(C2CCC(=O)NC2=O)C3=O)[nH]c2ccc(C(C)C)cc12. The summed E-state index contributed by atoms with van der Waals surface area (Å²) in [7, 11) is 0. The first-order valence-electron chi connectivity index (χ1n) is 11.4. The number of benzene rings is 2.